The number of nitrogens with one attached hydrogen (secondary N) is 1. The lowest BCUT2D eigenvalue weighted by molar-refractivity contribution is -0.140. The molecule has 0 spiro atoms. The third kappa shape index (κ3) is 6.04. The normalized spacial score (nSPS) is 12.5. The maximum Gasteiger partial charge on any atom is 0.243 e. The third-order valence-electron chi connectivity index (χ3n) is 4.56. The van der Waals surface area contributed by atoms with Gasteiger partial charge >= 0.3 is 0 Å². The molecule has 2 amide bonds. The van der Waals surface area contributed by atoms with Crippen molar-refractivity contribution in [2.75, 3.05) is 20.6 Å². The van der Waals surface area contributed by atoms with Crippen LogP contribution in [0.4, 0.5) is 0 Å². The number of carbonyl (C=O) groups excluding carboxylic acids is 2. The van der Waals surface area contributed by atoms with Gasteiger partial charge in [-0.3, -0.25) is 9.59 Å². The van der Waals surface area contributed by atoms with Crippen molar-refractivity contribution in [3.63, 3.8) is 0 Å². The zero-order valence-electron chi connectivity index (χ0n) is 16.8. The van der Waals surface area contributed by atoms with Crippen LogP contribution in [0, 0.1) is 0 Å². The number of nitrogens with zero attached hydrogens (tertiary/aromatic N) is 2. The standard InChI is InChI=1S/C20H23BrClN3O4S/c1-14(20(27)23-2)25(12-15-4-6-16(21)7-5-15)19(26)13-24(3)30(28,29)18-10-8-17(22)9-11-18/h4-11,14H,12-13H2,1-3H3,(H,23,27)/t14-/m0/s1. The van der Waals surface area contributed by atoms with Gasteiger partial charge in [0.25, 0.3) is 0 Å². The molecule has 0 aliphatic carbocycles. The van der Waals surface area contributed by atoms with Crippen molar-refractivity contribution in [3.05, 3.63) is 63.6 Å². The Hall–Kier alpha value is -1.94. The van der Waals surface area contributed by atoms with Gasteiger partial charge in [-0.15, -0.1) is 0 Å². The lowest BCUT2D eigenvalue weighted by atomic mass is 10.1. The largest absolute Gasteiger partial charge is 0.357 e. The van der Waals surface area contributed by atoms with Crippen molar-refractivity contribution in [1.82, 2.24) is 14.5 Å². The van der Waals surface area contributed by atoms with Crippen LogP contribution >= 0.6 is 27.5 Å². The first-order valence-electron chi connectivity index (χ1n) is 9.03. The second-order valence-electron chi connectivity index (χ2n) is 6.65. The lowest BCUT2D eigenvalue weighted by Crippen LogP contribution is -2.50. The van der Waals surface area contributed by atoms with Crippen LogP contribution in [0.1, 0.15) is 12.5 Å². The van der Waals surface area contributed by atoms with Gasteiger partial charge in [-0.1, -0.05) is 39.7 Å². The Balaban J connectivity index is 2.24. The fourth-order valence-electron chi connectivity index (χ4n) is 2.73. The Morgan fingerprint density at radius 1 is 1.10 bits per heavy atom. The van der Waals surface area contributed by atoms with E-state index in [9.17, 15) is 18.0 Å². The van der Waals surface area contributed by atoms with Gasteiger partial charge in [0.2, 0.25) is 21.8 Å². The number of sulfonamides is 1. The van der Waals surface area contributed by atoms with E-state index in [1.165, 1.54) is 43.3 Å². The van der Waals surface area contributed by atoms with E-state index < -0.39 is 28.5 Å². The molecule has 0 fully saturated rings. The molecule has 30 heavy (non-hydrogen) atoms. The molecule has 2 aromatic carbocycles. The number of rotatable bonds is 8. The summed E-state index contributed by atoms with van der Waals surface area (Å²) in [7, 11) is -1.09. The molecule has 0 aliphatic heterocycles. The highest BCUT2D eigenvalue weighted by molar-refractivity contribution is 9.10. The Bertz CT molecular complexity index is 998. The highest BCUT2D eigenvalue weighted by Gasteiger charge is 2.29. The van der Waals surface area contributed by atoms with Crippen LogP contribution in [0.2, 0.25) is 5.02 Å². The van der Waals surface area contributed by atoms with E-state index in [1.54, 1.807) is 6.92 Å². The first-order chi connectivity index (χ1) is 14.1. The van der Waals surface area contributed by atoms with Gasteiger partial charge in [0.05, 0.1) is 11.4 Å². The molecule has 0 heterocycles. The van der Waals surface area contributed by atoms with E-state index in [1.807, 2.05) is 24.3 Å². The van der Waals surface area contributed by atoms with Crippen LogP contribution in [0.15, 0.2) is 57.9 Å². The monoisotopic (exact) mass is 515 g/mol. The van der Waals surface area contributed by atoms with E-state index in [0.717, 1.165) is 14.3 Å². The van der Waals surface area contributed by atoms with E-state index in [4.69, 9.17) is 11.6 Å². The zero-order valence-corrected chi connectivity index (χ0v) is 20.0. The highest BCUT2D eigenvalue weighted by atomic mass is 79.9. The van der Waals surface area contributed by atoms with Gasteiger partial charge < -0.3 is 10.2 Å². The molecule has 1 N–H and O–H groups in total. The maximum atomic E-state index is 13.0. The summed E-state index contributed by atoms with van der Waals surface area (Å²) in [4.78, 5) is 26.6. The molecule has 2 aromatic rings. The average Bonchev–Trinajstić information content (AvgIpc) is 2.72. The predicted molar refractivity (Wildman–Crippen MR) is 119 cm³/mol. The third-order valence-corrected chi connectivity index (χ3v) is 7.16. The molecular weight excluding hydrogens is 494 g/mol. The SMILES string of the molecule is CNC(=O)[C@H](C)N(Cc1ccc(Br)cc1)C(=O)CN(C)S(=O)(=O)c1ccc(Cl)cc1. The quantitative estimate of drug-likeness (QED) is 0.584. The van der Waals surface area contributed by atoms with Crippen LogP contribution in [0.5, 0.6) is 0 Å². The van der Waals surface area contributed by atoms with Crippen LogP contribution in [-0.4, -0.2) is 56.1 Å². The summed E-state index contributed by atoms with van der Waals surface area (Å²) in [5.41, 5.74) is 0.811. The summed E-state index contributed by atoms with van der Waals surface area (Å²) in [5.74, 6) is -0.835. The molecule has 1 atom stereocenters. The molecule has 0 unspecified atom stereocenters. The zero-order chi connectivity index (χ0) is 22.5. The molecule has 7 nitrogen and oxygen atoms in total. The number of carbonyl (C=O) groups is 2. The second-order valence-corrected chi connectivity index (χ2v) is 10.1. The average molecular weight is 517 g/mol. The van der Waals surface area contributed by atoms with Gasteiger partial charge in [-0.05, 0) is 48.9 Å². The lowest BCUT2D eigenvalue weighted by Gasteiger charge is -2.30. The molecule has 2 rings (SSSR count). The van der Waals surface area contributed by atoms with Crippen LogP contribution in [0.3, 0.4) is 0 Å². The van der Waals surface area contributed by atoms with E-state index in [-0.39, 0.29) is 17.3 Å². The number of amides is 2. The van der Waals surface area contributed by atoms with Crippen LogP contribution in [0.25, 0.3) is 0 Å². The minimum Gasteiger partial charge on any atom is -0.357 e. The Kier molecular flexibility index (Phi) is 8.42. The highest BCUT2D eigenvalue weighted by Crippen LogP contribution is 2.19. The smallest absolute Gasteiger partial charge is 0.243 e. The summed E-state index contributed by atoms with van der Waals surface area (Å²) < 4.78 is 27.4. The molecular formula is C20H23BrClN3O4S. The molecule has 162 valence electrons. The number of hydrogen-bond acceptors (Lipinski definition) is 4. The van der Waals surface area contributed by atoms with E-state index in [2.05, 4.69) is 21.2 Å². The van der Waals surface area contributed by atoms with Gasteiger partial charge in [0, 0.05) is 30.1 Å². The number of benzene rings is 2. The van der Waals surface area contributed by atoms with Crippen molar-refractivity contribution < 1.29 is 18.0 Å². The summed E-state index contributed by atoms with van der Waals surface area (Å²) in [6.45, 7) is 1.35. The fraction of sp³-hybridized carbons (Fsp3) is 0.300. The predicted octanol–water partition coefficient (Wildman–Crippen LogP) is 2.89. The molecule has 0 aliphatic rings. The minimum absolute atomic E-state index is 0.0287. The maximum absolute atomic E-state index is 13.0. The minimum atomic E-state index is -3.89. The Morgan fingerprint density at radius 2 is 1.67 bits per heavy atom. The van der Waals surface area contributed by atoms with Gasteiger partial charge in [0.15, 0.2) is 0 Å². The van der Waals surface area contributed by atoms with Crippen molar-refractivity contribution >= 4 is 49.4 Å². The first kappa shape index (κ1) is 24.3. The molecule has 0 saturated heterocycles. The van der Waals surface area contributed by atoms with Crippen molar-refractivity contribution in [1.29, 1.82) is 0 Å². The molecule has 0 aromatic heterocycles. The topological polar surface area (TPSA) is 86.8 Å². The summed E-state index contributed by atoms with van der Waals surface area (Å²) in [6, 6.07) is 12.2. The first-order valence-corrected chi connectivity index (χ1v) is 11.6. The van der Waals surface area contributed by atoms with E-state index >= 15 is 0 Å². The summed E-state index contributed by atoms with van der Waals surface area (Å²) in [6.07, 6.45) is 0. The van der Waals surface area contributed by atoms with Crippen LogP contribution < -0.4 is 5.32 Å². The van der Waals surface area contributed by atoms with Crippen LogP contribution in [-0.2, 0) is 26.2 Å². The van der Waals surface area contributed by atoms with E-state index in [0.29, 0.717) is 5.02 Å². The molecule has 0 saturated carbocycles. The van der Waals surface area contributed by atoms with Crippen molar-refractivity contribution in [2.45, 2.75) is 24.4 Å². The van der Waals surface area contributed by atoms with Gasteiger partial charge in [-0.25, -0.2) is 8.42 Å². The summed E-state index contributed by atoms with van der Waals surface area (Å²) in [5, 5.41) is 2.93. The van der Waals surface area contributed by atoms with Gasteiger partial charge in [0.1, 0.15) is 6.04 Å². The molecule has 0 bridgehead atoms. The van der Waals surface area contributed by atoms with Crippen molar-refractivity contribution in [3.8, 4) is 0 Å². The second kappa shape index (κ2) is 10.4. The number of likely N-dealkylation sites (N-methyl/N-ethyl adjacent to an activating group) is 2. The summed E-state index contributed by atoms with van der Waals surface area (Å²) >= 11 is 9.18. The Morgan fingerprint density at radius 3 is 2.20 bits per heavy atom. The Labute approximate surface area is 190 Å². The molecule has 0 radical (unpaired) electrons. The number of hydrogen-bond donors (Lipinski definition) is 1. The van der Waals surface area contributed by atoms with Crippen molar-refractivity contribution in [2.24, 2.45) is 0 Å². The molecule has 10 heteroatoms. The number of halogens is 2. The van der Waals surface area contributed by atoms with Gasteiger partial charge in [-0.2, -0.15) is 4.31 Å². The fourth-order valence-corrected chi connectivity index (χ4v) is 4.24.